The molecule has 0 radical (unpaired) electrons. The lowest BCUT2D eigenvalue weighted by atomic mass is 9.90. The second-order valence-corrected chi connectivity index (χ2v) is 5.78. The number of hydrogen-bond acceptors (Lipinski definition) is 2. The van der Waals surface area contributed by atoms with Crippen molar-refractivity contribution in [2.45, 2.75) is 48.6 Å². The minimum absolute atomic E-state index is 0.466. The van der Waals surface area contributed by atoms with Crippen molar-refractivity contribution in [2.24, 2.45) is 0 Å². The van der Waals surface area contributed by atoms with Crippen molar-refractivity contribution in [3.05, 3.63) is 35.9 Å². The van der Waals surface area contributed by atoms with Crippen LogP contribution in [0.4, 0.5) is 52.7 Å². The predicted molar refractivity (Wildman–Crippen MR) is 72.1 cm³/mol. The standard InChI is InChI=1S/C15H10F12O2/c16-10(17)12(20,21)14(24,25)15(26,27)13(22,23)11(18,19)9(29)6-8(28)7-4-2-1-3-5-7/h1-5,9-10,29H,6H2/t9-/m1/s1. The smallest absolute Gasteiger partial charge is 0.384 e. The summed E-state index contributed by atoms with van der Waals surface area (Å²) in [6.45, 7) is 0. The van der Waals surface area contributed by atoms with E-state index in [-0.39, 0.29) is 0 Å². The molecule has 0 aliphatic rings. The summed E-state index contributed by atoms with van der Waals surface area (Å²) in [6, 6.07) is 5.53. The van der Waals surface area contributed by atoms with Gasteiger partial charge in [0.1, 0.15) is 6.10 Å². The highest BCUT2D eigenvalue weighted by Crippen LogP contribution is 2.58. The molecular weight excluding hydrogens is 440 g/mol. The van der Waals surface area contributed by atoms with E-state index in [9.17, 15) is 57.5 Å². The van der Waals surface area contributed by atoms with Crippen LogP contribution >= 0.6 is 0 Å². The molecule has 0 aromatic heterocycles. The van der Waals surface area contributed by atoms with E-state index in [4.69, 9.17) is 5.11 Å². The molecule has 1 atom stereocenters. The van der Waals surface area contributed by atoms with Crippen molar-refractivity contribution in [1.82, 2.24) is 0 Å². The van der Waals surface area contributed by atoms with Crippen LogP contribution in [0.2, 0.25) is 0 Å². The molecule has 0 aliphatic carbocycles. The molecular formula is C15H10F12O2. The van der Waals surface area contributed by atoms with Crippen molar-refractivity contribution < 1.29 is 62.6 Å². The lowest BCUT2D eigenvalue weighted by Gasteiger charge is -2.40. The average Bonchev–Trinajstić information content (AvgIpc) is 2.61. The van der Waals surface area contributed by atoms with Crippen molar-refractivity contribution >= 4 is 5.78 Å². The van der Waals surface area contributed by atoms with Gasteiger partial charge in [0.05, 0.1) is 0 Å². The lowest BCUT2D eigenvalue weighted by molar-refractivity contribution is -0.419. The van der Waals surface area contributed by atoms with E-state index in [1.165, 1.54) is 6.07 Å². The zero-order valence-corrected chi connectivity index (χ0v) is 13.6. The number of Topliss-reactive ketones (excluding diaryl/α,β-unsaturated/α-hetero) is 1. The number of carbonyl (C=O) groups excluding carboxylic acids is 1. The molecule has 0 spiro atoms. The Morgan fingerprint density at radius 3 is 1.59 bits per heavy atom. The number of carbonyl (C=O) groups is 1. The summed E-state index contributed by atoms with van der Waals surface area (Å²) >= 11 is 0. The molecule has 2 nitrogen and oxygen atoms in total. The molecule has 14 heteroatoms. The predicted octanol–water partition coefficient (Wildman–Crippen LogP) is 5.06. The number of ketones is 1. The van der Waals surface area contributed by atoms with Gasteiger partial charge in [-0.3, -0.25) is 4.79 Å². The minimum Gasteiger partial charge on any atom is -0.386 e. The molecule has 1 N–H and O–H groups in total. The lowest BCUT2D eigenvalue weighted by Crippen LogP contribution is -2.70. The van der Waals surface area contributed by atoms with Crippen LogP contribution in [0.25, 0.3) is 0 Å². The van der Waals surface area contributed by atoms with Gasteiger partial charge in [-0.05, 0) is 0 Å². The fourth-order valence-electron chi connectivity index (χ4n) is 2.01. The third-order valence-electron chi connectivity index (χ3n) is 3.79. The van der Waals surface area contributed by atoms with E-state index >= 15 is 0 Å². The van der Waals surface area contributed by atoms with Crippen LogP contribution in [0.15, 0.2) is 30.3 Å². The number of hydrogen-bond donors (Lipinski definition) is 1. The van der Waals surface area contributed by atoms with Crippen molar-refractivity contribution in [2.75, 3.05) is 0 Å². The fourth-order valence-corrected chi connectivity index (χ4v) is 2.01. The molecule has 0 unspecified atom stereocenters. The Kier molecular flexibility index (Phi) is 6.64. The fraction of sp³-hybridized carbons (Fsp3) is 0.533. The van der Waals surface area contributed by atoms with Crippen molar-refractivity contribution in [1.29, 1.82) is 0 Å². The zero-order valence-electron chi connectivity index (χ0n) is 13.6. The largest absolute Gasteiger partial charge is 0.386 e. The average molecular weight is 450 g/mol. The van der Waals surface area contributed by atoms with Gasteiger partial charge < -0.3 is 5.11 Å². The molecule has 1 rings (SSSR count). The van der Waals surface area contributed by atoms with E-state index in [1.807, 2.05) is 0 Å². The van der Waals surface area contributed by atoms with Crippen LogP contribution in [0.5, 0.6) is 0 Å². The monoisotopic (exact) mass is 450 g/mol. The maximum atomic E-state index is 13.7. The molecule has 29 heavy (non-hydrogen) atoms. The molecule has 0 saturated carbocycles. The Morgan fingerprint density at radius 1 is 0.759 bits per heavy atom. The maximum Gasteiger partial charge on any atom is 0.384 e. The highest BCUT2D eigenvalue weighted by Gasteiger charge is 2.88. The normalized spacial score (nSPS) is 15.5. The van der Waals surface area contributed by atoms with Crippen LogP contribution in [-0.2, 0) is 0 Å². The Morgan fingerprint density at radius 2 is 1.17 bits per heavy atom. The maximum absolute atomic E-state index is 13.7. The molecule has 0 bridgehead atoms. The molecule has 0 heterocycles. The van der Waals surface area contributed by atoms with E-state index in [2.05, 4.69) is 0 Å². The van der Waals surface area contributed by atoms with Gasteiger partial charge in [-0.2, -0.15) is 43.9 Å². The first-order valence-electron chi connectivity index (χ1n) is 7.29. The number of rotatable bonds is 9. The van der Waals surface area contributed by atoms with Gasteiger partial charge in [0, 0.05) is 12.0 Å². The topological polar surface area (TPSA) is 37.3 Å². The van der Waals surface area contributed by atoms with Crippen LogP contribution < -0.4 is 0 Å². The van der Waals surface area contributed by atoms with Crippen LogP contribution in [0, 0.1) is 0 Å². The molecule has 1 aromatic carbocycles. The second-order valence-electron chi connectivity index (χ2n) is 5.78. The summed E-state index contributed by atoms with van der Waals surface area (Å²) in [6.07, 6.45) is -11.7. The second kappa shape index (κ2) is 7.69. The summed E-state index contributed by atoms with van der Waals surface area (Å²) in [4.78, 5) is 11.6. The Labute approximate surface area is 154 Å². The third kappa shape index (κ3) is 3.90. The molecule has 0 saturated heterocycles. The third-order valence-corrected chi connectivity index (χ3v) is 3.79. The van der Waals surface area contributed by atoms with E-state index in [0.717, 1.165) is 24.3 Å². The van der Waals surface area contributed by atoms with Gasteiger partial charge in [0.25, 0.3) is 0 Å². The van der Waals surface area contributed by atoms with Crippen molar-refractivity contribution in [3.63, 3.8) is 0 Å². The van der Waals surface area contributed by atoms with E-state index in [1.54, 1.807) is 0 Å². The molecule has 1 aromatic rings. The highest BCUT2D eigenvalue weighted by atomic mass is 19.4. The van der Waals surface area contributed by atoms with E-state index in [0.29, 0.717) is 0 Å². The van der Waals surface area contributed by atoms with Gasteiger partial charge >= 0.3 is 36.0 Å². The highest BCUT2D eigenvalue weighted by molar-refractivity contribution is 5.96. The van der Waals surface area contributed by atoms with Crippen LogP contribution in [-0.4, -0.2) is 53.0 Å². The summed E-state index contributed by atoms with van der Waals surface area (Å²) in [7, 11) is 0. The quantitative estimate of drug-likeness (QED) is 0.422. The van der Waals surface area contributed by atoms with Gasteiger partial charge in [-0.25, -0.2) is 8.78 Å². The van der Waals surface area contributed by atoms with Crippen molar-refractivity contribution in [3.8, 4) is 0 Å². The summed E-state index contributed by atoms with van der Waals surface area (Å²) < 4.78 is 157. The van der Waals surface area contributed by atoms with Gasteiger partial charge in [-0.15, -0.1) is 0 Å². The minimum atomic E-state index is -7.75. The first-order chi connectivity index (χ1) is 12.9. The molecule has 166 valence electrons. The van der Waals surface area contributed by atoms with E-state index < -0.39 is 59.9 Å². The number of benzene rings is 1. The number of aliphatic hydroxyl groups is 1. The number of aliphatic hydroxyl groups excluding tert-OH is 1. The molecule has 0 amide bonds. The summed E-state index contributed by atoms with van der Waals surface area (Å²) in [5, 5.41) is 9.12. The number of alkyl halides is 12. The van der Waals surface area contributed by atoms with Gasteiger partial charge in [0.2, 0.25) is 0 Å². The first kappa shape index (κ1) is 25.0. The van der Waals surface area contributed by atoms with Crippen LogP contribution in [0.3, 0.4) is 0 Å². The van der Waals surface area contributed by atoms with Gasteiger partial charge in [0.15, 0.2) is 5.78 Å². The summed E-state index contributed by atoms with van der Waals surface area (Å²) in [5.74, 6) is -38.1. The molecule has 0 aliphatic heterocycles. The Hall–Kier alpha value is -1.99. The number of halogens is 12. The Bertz CT molecular complexity index is 717. The van der Waals surface area contributed by atoms with Gasteiger partial charge in [-0.1, -0.05) is 30.3 Å². The zero-order chi connectivity index (χ0) is 23.1. The summed E-state index contributed by atoms with van der Waals surface area (Å²) in [5.41, 5.74) is -0.466. The SMILES string of the molecule is O=C(C[C@@H](O)C(F)(F)C(F)(F)C(F)(F)C(F)(F)C(F)(F)C(F)F)c1ccccc1. The van der Waals surface area contributed by atoms with Crippen LogP contribution in [0.1, 0.15) is 16.8 Å². The molecule has 0 fully saturated rings. The Balaban J connectivity index is 3.27. The first-order valence-corrected chi connectivity index (χ1v) is 7.29.